The van der Waals surface area contributed by atoms with Crippen LogP contribution in [0.1, 0.15) is 28.9 Å². The fourth-order valence-corrected chi connectivity index (χ4v) is 2.82. The van der Waals surface area contributed by atoms with Crippen molar-refractivity contribution in [1.82, 2.24) is 10.8 Å². The molecular formula is C23H26N2O8. The van der Waals surface area contributed by atoms with E-state index in [0.717, 1.165) is 6.08 Å². The molecule has 2 aromatic carbocycles. The molecule has 0 aliphatic rings. The summed E-state index contributed by atoms with van der Waals surface area (Å²) in [7, 11) is 0. The van der Waals surface area contributed by atoms with Crippen LogP contribution in [0.2, 0.25) is 0 Å². The van der Waals surface area contributed by atoms with Gasteiger partial charge >= 0.3 is 6.09 Å². The highest BCUT2D eigenvalue weighted by Gasteiger charge is 2.27. The molecule has 2 rings (SSSR count). The molecule has 0 bridgehead atoms. The van der Waals surface area contributed by atoms with Crippen molar-refractivity contribution in [2.75, 3.05) is 19.8 Å². The number of nitrogens with one attached hydrogen (secondary N) is 2. The molecule has 0 spiro atoms. The van der Waals surface area contributed by atoms with Crippen molar-refractivity contribution in [3.63, 3.8) is 0 Å². The standard InChI is InChI=1S/C23H26N2O8/c1-2-31-19(11-12-20(27)25-30)21(17-9-6-10-18(15-17)32-14-13-26)33-23(29)24-22(28)16-7-4-3-5-8-16/h3-12,15,19,21,26,30H,2,13-14H2,1H3,(H,25,27)(H,24,28,29)/b12-11+/t19-,21-/m1/s1. The lowest BCUT2D eigenvalue weighted by atomic mass is 10.0. The Morgan fingerprint density at radius 3 is 2.52 bits per heavy atom. The Labute approximate surface area is 190 Å². The van der Waals surface area contributed by atoms with Crippen LogP contribution in [-0.2, 0) is 14.3 Å². The minimum absolute atomic E-state index is 0.0620. The topological polar surface area (TPSA) is 143 Å². The third-order valence-electron chi connectivity index (χ3n) is 4.24. The molecule has 0 aromatic heterocycles. The first-order chi connectivity index (χ1) is 16.0. The zero-order valence-corrected chi connectivity index (χ0v) is 18.0. The minimum atomic E-state index is -1.09. The Morgan fingerprint density at radius 1 is 1.09 bits per heavy atom. The molecule has 33 heavy (non-hydrogen) atoms. The monoisotopic (exact) mass is 458 g/mol. The zero-order chi connectivity index (χ0) is 24.1. The third-order valence-corrected chi connectivity index (χ3v) is 4.24. The van der Waals surface area contributed by atoms with Gasteiger partial charge in [-0.15, -0.1) is 0 Å². The Kier molecular flexibility index (Phi) is 10.5. The highest BCUT2D eigenvalue weighted by molar-refractivity contribution is 6.02. The van der Waals surface area contributed by atoms with Crippen LogP contribution < -0.4 is 15.5 Å². The summed E-state index contributed by atoms with van der Waals surface area (Å²) in [5.74, 6) is -1.05. The first-order valence-corrected chi connectivity index (χ1v) is 10.1. The SMILES string of the molecule is CCO[C@H](/C=C/C(=O)NO)[C@H](OC(=O)NC(=O)c1ccccc1)c1cccc(OCCO)c1. The van der Waals surface area contributed by atoms with Gasteiger partial charge in [0.1, 0.15) is 18.5 Å². The summed E-state index contributed by atoms with van der Waals surface area (Å²) >= 11 is 0. The summed E-state index contributed by atoms with van der Waals surface area (Å²) in [6.45, 7) is 1.80. The summed E-state index contributed by atoms with van der Waals surface area (Å²) in [4.78, 5) is 36.3. The summed E-state index contributed by atoms with van der Waals surface area (Å²) in [6, 6.07) is 14.7. The smallest absolute Gasteiger partial charge is 0.414 e. The molecule has 2 atom stereocenters. The van der Waals surface area contributed by atoms with Gasteiger partial charge in [-0.2, -0.15) is 0 Å². The first-order valence-electron chi connectivity index (χ1n) is 10.1. The largest absolute Gasteiger partial charge is 0.491 e. The van der Waals surface area contributed by atoms with Gasteiger partial charge < -0.3 is 19.3 Å². The molecule has 0 fully saturated rings. The van der Waals surface area contributed by atoms with Crippen molar-refractivity contribution >= 4 is 17.9 Å². The van der Waals surface area contributed by atoms with Gasteiger partial charge in [-0.1, -0.05) is 30.3 Å². The minimum Gasteiger partial charge on any atom is -0.491 e. The quantitative estimate of drug-likeness (QED) is 0.228. The molecule has 0 saturated carbocycles. The molecule has 0 radical (unpaired) electrons. The average Bonchev–Trinajstić information content (AvgIpc) is 2.84. The lowest BCUT2D eigenvalue weighted by molar-refractivity contribution is -0.124. The average molecular weight is 458 g/mol. The number of hydroxylamine groups is 1. The number of carbonyl (C=O) groups excluding carboxylic acids is 3. The van der Waals surface area contributed by atoms with Gasteiger partial charge in [-0.25, -0.2) is 10.3 Å². The van der Waals surface area contributed by atoms with Gasteiger partial charge in [-0.3, -0.25) is 20.1 Å². The highest BCUT2D eigenvalue weighted by Crippen LogP contribution is 2.28. The van der Waals surface area contributed by atoms with Crippen LogP contribution in [0.5, 0.6) is 5.75 Å². The lowest BCUT2D eigenvalue weighted by Gasteiger charge is -2.25. The Morgan fingerprint density at radius 2 is 1.85 bits per heavy atom. The van der Waals surface area contributed by atoms with E-state index >= 15 is 0 Å². The van der Waals surface area contributed by atoms with E-state index in [1.54, 1.807) is 61.5 Å². The van der Waals surface area contributed by atoms with Crippen molar-refractivity contribution in [3.8, 4) is 5.75 Å². The van der Waals surface area contributed by atoms with E-state index in [2.05, 4.69) is 5.32 Å². The number of carbonyl (C=O) groups is 3. The molecule has 0 heterocycles. The molecule has 0 aliphatic carbocycles. The van der Waals surface area contributed by atoms with Crippen LogP contribution in [0.25, 0.3) is 0 Å². The summed E-state index contributed by atoms with van der Waals surface area (Å²) in [5.41, 5.74) is 2.18. The molecule has 2 aromatic rings. The van der Waals surface area contributed by atoms with Gasteiger partial charge in [0.15, 0.2) is 6.10 Å². The van der Waals surface area contributed by atoms with Crippen LogP contribution >= 0.6 is 0 Å². The van der Waals surface area contributed by atoms with Gasteiger partial charge in [0, 0.05) is 18.2 Å². The zero-order valence-electron chi connectivity index (χ0n) is 18.0. The number of hydrogen-bond donors (Lipinski definition) is 4. The normalized spacial score (nSPS) is 12.6. The molecule has 176 valence electrons. The molecule has 0 aliphatic heterocycles. The van der Waals surface area contributed by atoms with Gasteiger partial charge in [0.25, 0.3) is 11.8 Å². The second kappa shape index (κ2) is 13.6. The van der Waals surface area contributed by atoms with Crippen molar-refractivity contribution in [2.24, 2.45) is 0 Å². The van der Waals surface area contributed by atoms with E-state index in [9.17, 15) is 14.4 Å². The predicted octanol–water partition coefficient (Wildman–Crippen LogP) is 2.13. The van der Waals surface area contributed by atoms with E-state index in [4.69, 9.17) is 24.5 Å². The maximum absolute atomic E-state index is 12.6. The molecule has 10 heteroatoms. The number of aliphatic hydroxyl groups is 1. The number of hydrogen-bond acceptors (Lipinski definition) is 8. The fourth-order valence-electron chi connectivity index (χ4n) is 2.82. The van der Waals surface area contributed by atoms with Crippen LogP contribution in [0.4, 0.5) is 4.79 Å². The molecular weight excluding hydrogens is 432 g/mol. The lowest BCUT2D eigenvalue weighted by Crippen LogP contribution is -2.35. The molecule has 0 saturated heterocycles. The van der Waals surface area contributed by atoms with E-state index in [0.29, 0.717) is 11.3 Å². The molecule has 0 unspecified atom stereocenters. The Balaban J connectivity index is 2.30. The third kappa shape index (κ3) is 8.37. The molecule has 4 N–H and O–H groups in total. The van der Waals surface area contributed by atoms with Crippen molar-refractivity contribution in [1.29, 1.82) is 0 Å². The molecule has 10 nitrogen and oxygen atoms in total. The van der Waals surface area contributed by atoms with Gasteiger partial charge in [-0.05, 0) is 42.8 Å². The second-order valence-corrected chi connectivity index (χ2v) is 6.55. The van der Waals surface area contributed by atoms with Crippen LogP contribution in [0.15, 0.2) is 66.7 Å². The van der Waals surface area contributed by atoms with Crippen molar-refractivity contribution < 1.29 is 38.9 Å². The number of ether oxygens (including phenoxy) is 3. The predicted molar refractivity (Wildman–Crippen MR) is 117 cm³/mol. The van der Waals surface area contributed by atoms with Crippen molar-refractivity contribution in [3.05, 3.63) is 77.9 Å². The first kappa shape index (κ1) is 25.5. The highest BCUT2D eigenvalue weighted by atomic mass is 16.6. The number of benzene rings is 2. The Bertz CT molecular complexity index is 948. The fraction of sp³-hybridized carbons (Fsp3) is 0.261. The maximum atomic E-state index is 12.6. The second-order valence-electron chi connectivity index (χ2n) is 6.55. The van der Waals surface area contributed by atoms with E-state index < -0.39 is 30.1 Å². The molecule has 3 amide bonds. The van der Waals surface area contributed by atoms with Gasteiger partial charge in [0.2, 0.25) is 0 Å². The summed E-state index contributed by atoms with van der Waals surface area (Å²) < 4.78 is 16.6. The van der Waals surface area contributed by atoms with Crippen molar-refractivity contribution in [2.45, 2.75) is 19.1 Å². The Hall–Kier alpha value is -3.73. The van der Waals surface area contributed by atoms with E-state index in [-0.39, 0.29) is 25.4 Å². The summed E-state index contributed by atoms with van der Waals surface area (Å²) in [6.07, 6.45) is -0.726. The summed E-state index contributed by atoms with van der Waals surface area (Å²) in [5, 5.41) is 19.9. The number of aliphatic hydroxyl groups excluding tert-OH is 1. The van der Waals surface area contributed by atoms with E-state index in [1.165, 1.54) is 11.6 Å². The number of imide groups is 1. The number of alkyl carbamates (subject to hydrolysis) is 1. The van der Waals surface area contributed by atoms with Crippen LogP contribution in [0, 0.1) is 0 Å². The number of rotatable bonds is 11. The number of amides is 3. The van der Waals surface area contributed by atoms with Crippen LogP contribution in [-0.4, -0.2) is 54.1 Å². The van der Waals surface area contributed by atoms with E-state index in [1.807, 2.05) is 0 Å². The maximum Gasteiger partial charge on any atom is 0.414 e. The van der Waals surface area contributed by atoms with Gasteiger partial charge in [0.05, 0.1) is 6.61 Å². The van der Waals surface area contributed by atoms with Crippen LogP contribution in [0.3, 0.4) is 0 Å².